The first-order valence-electron chi connectivity index (χ1n) is 8.03. The Labute approximate surface area is 143 Å². The standard InChI is InChI=1S/C17H19FN4O3/c18-12-3-1-2-11(16(12)25)13-9-14(17(19)21-20-13)22-6-4-10(5-7-22)8-15(23)24/h1-3,9-10,25H,4-8H2,(H2,19,21)(H,23,24). The van der Waals surface area contributed by atoms with E-state index in [9.17, 15) is 14.3 Å². The van der Waals surface area contributed by atoms with Gasteiger partial charge in [-0.25, -0.2) is 4.39 Å². The summed E-state index contributed by atoms with van der Waals surface area (Å²) in [7, 11) is 0. The number of phenols is 1. The number of phenolic OH excluding ortho intramolecular Hbond substituents is 1. The second kappa shape index (κ2) is 6.92. The Kier molecular flexibility index (Phi) is 4.69. The predicted molar refractivity (Wildman–Crippen MR) is 90.7 cm³/mol. The van der Waals surface area contributed by atoms with Gasteiger partial charge in [-0.3, -0.25) is 4.79 Å². The topological polar surface area (TPSA) is 113 Å². The van der Waals surface area contributed by atoms with Gasteiger partial charge in [-0.2, -0.15) is 0 Å². The summed E-state index contributed by atoms with van der Waals surface area (Å²) in [5.41, 5.74) is 7.16. The molecule has 1 aromatic carbocycles. The van der Waals surface area contributed by atoms with Gasteiger partial charge in [0.1, 0.15) is 0 Å². The molecular weight excluding hydrogens is 327 g/mol. The zero-order valence-electron chi connectivity index (χ0n) is 13.5. The first kappa shape index (κ1) is 16.9. The van der Waals surface area contributed by atoms with E-state index >= 15 is 0 Å². The van der Waals surface area contributed by atoms with Crippen LogP contribution in [-0.4, -0.2) is 39.5 Å². The van der Waals surface area contributed by atoms with Gasteiger partial charge in [-0.15, -0.1) is 10.2 Å². The molecule has 0 radical (unpaired) electrons. The Morgan fingerprint density at radius 1 is 1.32 bits per heavy atom. The van der Waals surface area contributed by atoms with Crippen LogP contribution >= 0.6 is 0 Å². The van der Waals surface area contributed by atoms with Crippen LogP contribution in [0.2, 0.25) is 0 Å². The zero-order chi connectivity index (χ0) is 18.0. The van der Waals surface area contributed by atoms with Crippen molar-refractivity contribution in [3.05, 3.63) is 30.1 Å². The van der Waals surface area contributed by atoms with Crippen LogP contribution in [0.4, 0.5) is 15.9 Å². The average Bonchev–Trinajstić information content (AvgIpc) is 2.58. The number of carbonyl (C=O) groups is 1. The molecule has 4 N–H and O–H groups in total. The Bertz CT molecular complexity index is 791. The van der Waals surface area contributed by atoms with Crippen LogP contribution in [0.1, 0.15) is 19.3 Å². The minimum atomic E-state index is -0.785. The van der Waals surface area contributed by atoms with Crippen LogP contribution in [0.25, 0.3) is 11.3 Å². The Morgan fingerprint density at radius 3 is 2.72 bits per heavy atom. The van der Waals surface area contributed by atoms with Crippen molar-refractivity contribution in [2.75, 3.05) is 23.7 Å². The van der Waals surface area contributed by atoms with Gasteiger partial charge in [0.25, 0.3) is 0 Å². The average molecular weight is 346 g/mol. The number of nitrogens with two attached hydrogens (primary N) is 1. The van der Waals surface area contributed by atoms with E-state index in [0.29, 0.717) is 24.5 Å². The monoisotopic (exact) mass is 346 g/mol. The second-order valence-electron chi connectivity index (χ2n) is 6.16. The number of hydrogen-bond acceptors (Lipinski definition) is 6. The van der Waals surface area contributed by atoms with Gasteiger partial charge in [0.05, 0.1) is 11.4 Å². The number of benzene rings is 1. The number of nitrogen functional groups attached to an aromatic ring is 1. The molecule has 1 aromatic heterocycles. The molecule has 0 saturated carbocycles. The normalized spacial score (nSPS) is 15.3. The van der Waals surface area contributed by atoms with Crippen molar-refractivity contribution in [2.24, 2.45) is 5.92 Å². The van der Waals surface area contributed by atoms with Crippen LogP contribution in [0, 0.1) is 11.7 Å². The van der Waals surface area contributed by atoms with Crippen molar-refractivity contribution in [3.8, 4) is 17.0 Å². The second-order valence-corrected chi connectivity index (χ2v) is 6.16. The van der Waals surface area contributed by atoms with Crippen molar-refractivity contribution >= 4 is 17.5 Å². The van der Waals surface area contributed by atoms with Crippen LogP contribution in [0.15, 0.2) is 24.3 Å². The zero-order valence-corrected chi connectivity index (χ0v) is 13.5. The van der Waals surface area contributed by atoms with E-state index in [1.165, 1.54) is 6.07 Å². The molecule has 0 unspecified atom stereocenters. The van der Waals surface area contributed by atoms with Gasteiger partial charge in [0.2, 0.25) is 0 Å². The Balaban J connectivity index is 1.84. The number of anilines is 2. The molecule has 1 fully saturated rings. The molecule has 2 heterocycles. The Morgan fingerprint density at radius 2 is 2.04 bits per heavy atom. The summed E-state index contributed by atoms with van der Waals surface area (Å²) in [4.78, 5) is 12.8. The molecule has 8 heteroatoms. The highest BCUT2D eigenvalue weighted by Crippen LogP contribution is 2.34. The number of carboxylic acid groups (broad SMARTS) is 1. The molecule has 1 saturated heterocycles. The lowest BCUT2D eigenvalue weighted by atomic mass is 9.93. The molecule has 7 nitrogen and oxygen atoms in total. The van der Waals surface area contributed by atoms with Crippen molar-refractivity contribution in [2.45, 2.75) is 19.3 Å². The summed E-state index contributed by atoms with van der Waals surface area (Å²) in [5, 5.41) is 26.7. The van der Waals surface area contributed by atoms with Gasteiger partial charge in [-0.05, 0) is 37.0 Å². The van der Waals surface area contributed by atoms with Crippen LogP contribution in [-0.2, 0) is 4.79 Å². The van der Waals surface area contributed by atoms with Crippen molar-refractivity contribution in [1.29, 1.82) is 0 Å². The number of aromatic hydroxyl groups is 1. The molecule has 0 amide bonds. The number of carboxylic acids is 1. The number of para-hydroxylation sites is 1. The smallest absolute Gasteiger partial charge is 0.303 e. The van der Waals surface area contributed by atoms with E-state index in [1.807, 2.05) is 4.90 Å². The van der Waals surface area contributed by atoms with Crippen LogP contribution in [0.3, 0.4) is 0 Å². The maximum Gasteiger partial charge on any atom is 0.303 e. The van der Waals surface area contributed by atoms with E-state index in [-0.39, 0.29) is 23.7 Å². The minimum Gasteiger partial charge on any atom is -0.504 e. The SMILES string of the molecule is Nc1nnc(-c2cccc(F)c2O)cc1N1CCC(CC(=O)O)CC1. The van der Waals surface area contributed by atoms with Crippen molar-refractivity contribution in [1.82, 2.24) is 10.2 Å². The number of hydrogen-bond donors (Lipinski definition) is 3. The number of aromatic nitrogens is 2. The molecule has 132 valence electrons. The molecule has 1 aliphatic rings. The highest BCUT2D eigenvalue weighted by atomic mass is 19.1. The third-order valence-electron chi connectivity index (χ3n) is 4.48. The van der Waals surface area contributed by atoms with E-state index < -0.39 is 17.5 Å². The first-order valence-corrected chi connectivity index (χ1v) is 8.03. The molecule has 25 heavy (non-hydrogen) atoms. The predicted octanol–water partition coefficient (Wildman–Crippen LogP) is 2.26. The number of rotatable bonds is 4. The molecule has 3 rings (SSSR count). The fourth-order valence-corrected chi connectivity index (χ4v) is 3.12. The lowest BCUT2D eigenvalue weighted by Gasteiger charge is -2.33. The van der Waals surface area contributed by atoms with Gasteiger partial charge < -0.3 is 20.8 Å². The van der Waals surface area contributed by atoms with Gasteiger partial charge >= 0.3 is 5.97 Å². The summed E-state index contributed by atoms with van der Waals surface area (Å²) in [6.45, 7) is 1.31. The maximum absolute atomic E-state index is 13.6. The molecule has 2 aromatic rings. The molecule has 0 atom stereocenters. The molecular formula is C17H19FN4O3. The van der Waals surface area contributed by atoms with E-state index in [0.717, 1.165) is 18.9 Å². The highest BCUT2D eigenvalue weighted by molar-refractivity contribution is 5.74. The Hall–Kier alpha value is -2.90. The van der Waals surface area contributed by atoms with E-state index in [1.54, 1.807) is 12.1 Å². The molecule has 0 aliphatic carbocycles. The van der Waals surface area contributed by atoms with Crippen molar-refractivity contribution in [3.63, 3.8) is 0 Å². The molecule has 0 spiro atoms. The number of aliphatic carboxylic acids is 1. The number of halogens is 1. The van der Waals surface area contributed by atoms with Crippen LogP contribution < -0.4 is 10.6 Å². The summed E-state index contributed by atoms with van der Waals surface area (Å²) in [6.07, 6.45) is 1.66. The first-order chi connectivity index (χ1) is 12.0. The molecule has 1 aliphatic heterocycles. The van der Waals surface area contributed by atoms with Gasteiger partial charge in [0.15, 0.2) is 17.4 Å². The fourth-order valence-electron chi connectivity index (χ4n) is 3.12. The van der Waals surface area contributed by atoms with Crippen LogP contribution in [0.5, 0.6) is 5.75 Å². The highest BCUT2D eigenvalue weighted by Gasteiger charge is 2.24. The third-order valence-corrected chi connectivity index (χ3v) is 4.48. The quantitative estimate of drug-likeness (QED) is 0.778. The molecule has 0 bridgehead atoms. The summed E-state index contributed by atoms with van der Waals surface area (Å²) >= 11 is 0. The van der Waals surface area contributed by atoms with E-state index in [2.05, 4.69) is 10.2 Å². The largest absolute Gasteiger partial charge is 0.504 e. The third kappa shape index (κ3) is 3.62. The lowest BCUT2D eigenvalue weighted by molar-refractivity contribution is -0.138. The van der Waals surface area contributed by atoms with Gasteiger partial charge in [-0.1, -0.05) is 6.07 Å². The maximum atomic E-state index is 13.6. The number of piperidine rings is 1. The fraction of sp³-hybridized carbons (Fsp3) is 0.353. The summed E-state index contributed by atoms with van der Waals surface area (Å²) in [6, 6.07) is 5.88. The summed E-state index contributed by atoms with van der Waals surface area (Å²) in [5.74, 6) is -1.60. The van der Waals surface area contributed by atoms with Crippen molar-refractivity contribution < 1.29 is 19.4 Å². The summed E-state index contributed by atoms with van der Waals surface area (Å²) < 4.78 is 13.6. The lowest BCUT2D eigenvalue weighted by Crippen LogP contribution is -2.35. The minimum absolute atomic E-state index is 0.150. The van der Waals surface area contributed by atoms with Gasteiger partial charge in [0, 0.05) is 25.1 Å². The van der Waals surface area contributed by atoms with E-state index in [4.69, 9.17) is 10.8 Å². The number of nitrogens with zero attached hydrogens (tertiary/aromatic N) is 3.